The number of rotatable bonds is 8. The Morgan fingerprint density at radius 2 is 1.53 bits per heavy atom. The lowest BCUT2D eigenvalue weighted by Gasteiger charge is -2.16. The van der Waals surface area contributed by atoms with Crippen LogP contribution in [0.3, 0.4) is 0 Å². The predicted octanol–water partition coefficient (Wildman–Crippen LogP) is 5.57. The lowest BCUT2D eigenvalue weighted by molar-refractivity contribution is -0.115. The van der Waals surface area contributed by atoms with Gasteiger partial charge in [-0.25, -0.2) is 9.78 Å². The average molecular weight is 490 g/mol. The number of aromatic carboxylic acids is 1. The highest BCUT2D eigenvalue weighted by atomic mass is 32.2. The number of carbonyl (C=O) groups is 3. The molecular weight excluding hydrogens is 470 g/mol. The van der Waals surface area contributed by atoms with Gasteiger partial charge in [-0.3, -0.25) is 9.59 Å². The third kappa shape index (κ3) is 5.69. The molecule has 1 heterocycles. The quantitative estimate of drug-likeness (QED) is 0.279. The number of thiazole rings is 1. The SMILES string of the molecule is O=C(O)c1ccccc1C(=O)Nc1ccc(SC(C(=O)Nc2nccs2)c2ccccc2)cc1. The van der Waals surface area contributed by atoms with Crippen LogP contribution in [0.25, 0.3) is 0 Å². The Hall–Kier alpha value is -3.95. The number of benzene rings is 3. The third-order valence-corrected chi connectivity index (χ3v) is 6.73. The number of thioether (sulfide) groups is 1. The zero-order chi connectivity index (χ0) is 23.9. The van der Waals surface area contributed by atoms with E-state index in [1.165, 1.54) is 35.2 Å². The predicted molar refractivity (Wildman–Crippen MR) is 134 cm³/mol. The van der Waals surface area contributed by atoms with Gasteiger partial charge in [0.1, 0.15) is 5.25 Å². The average Bonchev–Trinajstić information content (AvgIpc) is 3.37. The molecule has 0 saturated heterocycles. The van der Waals surface area contributed by atoms with Gasteiger partial charge in [0, 0.05) is 22.2 Å². The first-order valence-corrected chi connectivity index (χ1v) is 11.9. The molecule has 4 rings (SSSR count). The number of nitrogens with one attached hydrogen (secondary N) is 2. The zero-order valence-corrected chi connectivity index (χ0v) is 19.3. The summed E-state index contributed by atoms with van der Waals surface area (Å²) in [6, 6.07) is 22.5. The van der Waals surface area contributed by atoms with Crippen molar-refractivity contribution in [3.63, 3.8) is 0 Å². The molecule has 3 N–H and O–H groups in total. The first-order valence-electron chi connectivity index (χ1n) is 10.2. The van der Waals surface area contributed by atoms with Gasteiger partial charge in [-0.1, -0.05) is 42.5 Å². The summed E-state index contributed by atoms with van der Waals surface area (Å²) >= 11 is 2.73. The maximum Gasteiger partial charge on any atom is 0.336 e. The minimum absolute atomic E-state index is 0.0656. The number of amides is 2. The minimum Gasteiger partial charge on any atom is -0.478 e. The second-order valence-corrected chi connectivity index (χ2v) is 9.14. The van der Waals surface area contributed by atoms with Gasteiger partial charge in [0.25, 0.3) is 5.91 Å². The summed E-state index contributed by atoms with van der Waals surface area (Å²) < 4.78 is 0. The van der Waals surface area contributed by atoms with Gasteiger partial charge in [-0.15, -0.1) is 23.1 Å². The molecular formula is C25H19N3O4S2. The molecule has 1 atom stereocenters. The van der Waals surface area contributed by atoms with Gasteiger partial charge < -0.3 is 15.7 Å². The molecule has 7 nitrogen and oxygen atoms in total. The fraction of sp³-hybridized carbons (Fsp3) is 0.0400. The lowest BCUT2D eigenvalue weighted by atomic mass is 10.1. The van der Waals surface area contributed by atoms with E-state index in [1.54, 1.807) is 48.0 Å². The van der Waals surface area contributed by atoms with E-state index in [0.717, 1.165) is 10.5 Å². The van der Waals surface area contributed by atoms with Gasteiger partial charge in [0.2, 0.25) is 5.91 Å². The normalized spacial score (nSPS) is 11.4. The molecule has 2 amide bonds. The van der Waals surface area contributed by atoms with Crippen molar-refractivity contribution in [1.29, 1.82) is 0 Å². The van der Waals surface area contributed by atoms with Gasteiger partial charge in [-0.05, 0) is 42.0 Å². The molecule has 0 bridgehead atoms. The van der Waals surface area contributed by atoms with Crippen molar-refractivity contribution in [2.24, 2.45) is 0 Å². The number of nitrogens with zero attached hydrogens (tertiary/aromatic N) is 1. The highest BCUT2D eigenvalue weighted by molar-refractivity contribution is 8.00. The van der Waals surface area contributed by atoms with E-state index in [1.807, 2.05) is 30.3 Å². The number of hydrogen-bond donors (Lipinski definition) is 3. The molecule has 0 saturated carbocycles. The molecule has 1 aromatic heterocycles. The lowest BCUT2D eigenvalue weighted by Crippen LogP contribution is -2.19. The minimum atomic E-state index is -1.17. The maximum absolute atomic E-state index is 13.0. The van der Waals surface area contributed by atoms with Crippen LogP contribution in [0.15, 0.2) is 95.3 Å². The Morgan fingerprint density at radius 1 is 0.853 bits per heavy atom. The topological polar surface area (TPSA) is 108 Å². The molecule has 0 fully saturated rings. The van der Waals surface area contributed by atoms with Crippen molar-refractivity contribution in [3.8, 4) is 0 Å². The molecule has 170 valence electrons. The smallest absolute Gasteiger partial charge is 0.336 e. The number of hydrogen-bond acceptors (Lipinski definition) is 6. The zero-order valence-electron chi connectivity index (χ0n) is 17.7. The summed E-state index contributed by atoms with van der Waals surface area (Å²) in [4.78, 5) is 41.9. The van der Waals surface area contributed by atoms with Crippen LogP contribution in [0.1, 0.15) is 31.5 Å². The van der Waals surface area contributed by atoms with Crippen LogP contribution in [0.4, 0.5) is 10.8 Å². The third-order valence-electron chi connectivity index (χ3n) is 4.77. The molecule has 3 aromatic carbocycles. The van der Waals surface area contributed by atoms with E-state index in [4.69, 9.17) is 0 Å². The Labute approximate surface area is 203 Å². The van der Waals surface area contributed by atoms with Crippen LogP contribution in [-0.4, -0.2) is 27.9 Å². The van der Waals surface area contributed by atoms with E-state index in [0.29, 0.717) is 10.8 Å². The van der Waals surface area contributed by atoms with Crippen molar-refractivity contribution in [1.82, 2.24) is 4.98 Å². The monoisotopic (exact) mass is 489 g/mol. The van der Waals surface area contributed by atoms with E-state index < -0.39 is 17.1 Å². The van der Waals surface area contributed by atoms with Gasteiger partial charge in [-0.2, -0.15) is 0 Å². The second kappa shape index (κ2) is 10.8. The van der Waals surface area contributed by atoms with Crippen LogP contribution in [0.5, 0.6) is 0 Å². The molecule has 0 aliphatic rings. The van der Waals surface area contributed by atoms with Crippen molar-refractivity contribution in [3.05, 3.63) is 107 Å². The molecule has 0 aliphatic heterocycles. The van der Waals surface area contributed by atoms with Gasteiger partial charge in [0.15, 0.2) is 5.13 Å². The van der Waals surface area contributed by atoms with E-state index in [2.05, 4.69) is 15.6 Å². The van der Waals surface area contributed by atoms with E-state index in [-0.39, 0.29) is 17.0 Å². The molecule has 0 aliphatic carbocycles. The van der Waals surface area contributed by atoms with Crippen molar-refractivity contribution in [2.75, 3.05) is 10.6 Å². The Balaban J connectivity index is 1.49. The van der Waals surface area contributed by atoms with E-state index in [9.17, 15) is 19.5 Å². The van der Waals surface area contributed by atoms with Gasteiger partial charge >= 0.3 is 5.97 Å². The number of carboxylic acid groups (broad SMARTS) is 1. The number of aromatic nitrogens is 1. The molecule has 0 radical (unpaired) electrons. The summed E-state index contributed by atoms with van der Waals surface area (Å²) in [6.45, 7) is 0. The second-order valence-electron chi connectivity index (χ2n) is 7.06. The number of carboxylic acids is 1. The van der Waals surface area contributed by atoms with Crippen molar-refractivity contribution >= 4 is 51.7 Å². The van der Waals surface area contributed by atoms with Crippen LogP contribution < -0.4 is 10.6 Å². The molecule has 4 aromatic rings. The Kier molecular flexibility index (Phi) is 7.36. The summed E-state index contributed by atoms with van der Waals surface area (Å²) in [5, 5.41) is 16.7. The van der Waals surface area contributed by atoms with Crippen LogP contribution >= 0.6 is 23.1 Å². The van der Waals surface area contributed by atoms with Crippen LogP contribution in [0, 0.1) is 0 Å². The molecule has 0 spiro atoms. The first-order chi connectivity index (χ1) is 16.5. The summed E-state index contributed by atoms with van der Waals surface area (Å²) in [6.07, 6.45) is 1.63. The largest absolute Gasteiger partial charge is 0.478 e. The number of anilines is 2. The van der Waals surface area contributed by atoms with E-state index >= 15 is 0 Å². The van der Waals surface area contributed by atoms with Crippen molar-refractivity contribution in [2.45, 2.75) is 10.1 Å². The summed E-state index contributed by atoms with van der Waals surface area (Å²) in [5.41, 5.74) is 1.38. The first kappa shape index (κ1) is 23.2. The highest BCUT2D eigenvalue weighted by Gasteiger charge is 2.23. The molecule has 1 unspecified atom stereocenters. The molecule has 9 heteroatoms. The van der Waals surface area contributed by atoms with Gasteiger partial charge in [0.05, 0.1) is 11.1 Å². The fourth-order valence-electron chi connectivity index (χ4n) is 3.18. The standard InChI is InChI=1S/C25H19N3O4S2/c29-22(19-8-4-5-9-20(19)24(31)32)27-17-10-12-18(13-11-17)34-21(16-6-2-1-3-7-16)23(30)28-25-26-14-15-33-25/h1-15,21H,(H,27,29)(H,31,32)(H,26,28,30). The van der Waals surface area contributed by atoms with Crippen LogP contribution in [-0.2, 0) is 4.79 Å². The highest BCUT2D eigenvalue weighted by Crippen LogP contribution is 2.37. The summed E-state index contributed by atoms with van der Waals surface area (Å²) in [7, 11) is 0. The fourth-order valence-corrected chi connectivity index (χ4v) is 4.73. The Bertz CT molecular complexity index is 1290. The molecule has 34 heavy (non-hydrogen) atoms. The van der Waals surface area contributed by atoms with Crippen molar-refractivity contribution < 1.29 is 19.5 Å². The van der Waals surface area contributed by atoms with Crippen LogP contribution in [0.2, 0.25) is 0 Å². The maximum atomic E-state index is 13.0. The Morgan fingerprint density at radius 3 is 2.18 bits per heavy atom. The number of carbonyl (C=O) groups excluding carboxylic acids is 2. The summed E-state index contributed by atoms with van der Waals surface area (Å²) in [5.74, 6) is -1.86.